The summed E-state index contributed by atoms with van der Waals surface area (Å²) in [5.41, 5.74) is -2.14. The maximum atomic E-state index is 13.1. The molecule has 0 spiro atoms. The second kappa shape index (κ2) is 10.1. The summed E-state index contributed by atoms with van der Waals surface area (Å²) in [4.78, 5) is 13.2. The van der Waals surface area contributed by atoms with Gasteiger partial charge in [-0.15, -0.1) is 10.2 Å². The third-order valence-corrected chi connectivity index (χ3v) is 4.31. The fourth-order valence-corrected chi connectivity index (χ4v) is 2.74. The quantitative estimate of drug-likeness (QED) is 0.380. The summed E-state index contributed by atoms with van der Waals surface area (Å²) in [5.74, 6) is -1.000. The van der Waals surface area contributed by atoms with Gasteiger partial charge in [-0.1, -0.05) is 12.1 Å². The number of aromatic nitrogens is 4. The van der Waals surface area contributed by atoms with Crippen molar-refractivity contribution in [1.29, 1.82) is 0 Å². The summed E-state index contributed by atoms with van der Waals surface area (Å²) in [6.07, 6.45) is -9.22. The normalized spacial score (nSPS) is 12.0. The van der Waals surface area contributed by atoms with E-state index >= 15 is 0 Å². The minimum atomic E-state index is -4.65. The Bertz CT molecular complexity index is 1150. The molecule has 0 bridgehead atoms. The van der Waals surface area contributed by atoms with Crippen LogP contribution < -0.4 is 10.1 Å². The number of carbonyl (C=O) groups excluding carboxylic acids is 1. The molecule has 2 aromatic carbocycles. The number of methoxy groups -OCH3 is 1. The molecule has 3 rings (SSSR count). The molecule has 0 saturated heterocycles. The number of tetrazole rings is 1. The number of hydrogen-bond acceptors (Lipinski definition) is 6. The SMILES string of the molecule is COCCOc1ccc(C(F)(F)F)cc1NC(=O)Cn1nnc(-c2cccc(C(F)(F)F)c2)n1. The maximum absolute atomic E-state index is 13.1. The van der Waals surface area contributed by atoms with Crippen LogP contribution in [0.15, 0.2) is 42.5 Å². The first kappa shape index (κ1) is 25.0. The second-order valence-corrected chi connectivity index (χ2v) is 6.82. The number of anilines is 1. The number of benzene rings is 2. The highest BCUT2D eigenvalue weighted by molar-refractivity contribution is 5.92. The molecule has 8 nitrogen and oxygen atoms in total. The first-order chi connectivity index (χ1) is 16.0. The van der Waals surface area contributed by atoms with Crippen LogP contribution in [0.4, 0.5) is 32.0 Å². The molecule has 0 aliphatic carbocycles. The molecule has 0 aliphatic rings. The summed E-state index contributed by atoms with van der Waals surface area (Å²) in [6.45, 7) is -0.384. The van der Waals surface area contributed by atoms with Crippen LogP contribution in [0.3, 0.4) is 0 Å². The van der Waals surface area contributed by atoms with Crippen molar-refractivity contribution in [3.05, 3.63) is 53.6 Å². The van der Waals surface area contributed by atoms with E-state index in [1.54, 1.807) is 0 Å². The molecule has 0 radical (unpaired) electrons. The van der Waals surface area contributed by atoms with Gasteiger partial charge in [0.15, 0.2) is 0 Å². The van der Waals surface area contributed by atoms with Gasteiger partial charge in [-0.25, -0.2) is 0 Å². The minimum absolute atomic E-state index is 0.0189. The van der Waals surface area contributed by atoms with Gasteiger partial charge in [0.05, 0.1) is 23.4 Å². The van der Waals surface area contributed by atoms with Gasteiger partial charge in [-0.05, 0) is 35.5 Å². The lowest BCUT2D eigenvalue weighted by molar-refractivity contribution is -0.138. The van der Waals surface area contributed by atoms with Crippen molar-refractivity contribution < 1.29 is 40.6 Å². The molecule has 0 saturated carbocycles. The zero-order valence-electron chi connectivity index (χ0n) is 17.4. The fraction of sp³-hybridized carbons (Fsp3) is 0.300. The van der Waals surface area contributed by atoms with Crippen LogP contribution in [0.2, 0.25) is 0 Å². The van der Waals surface area contributed by atoms with Crippen LogP contribution in [-0.4, -0.2) is 46.4 Å². The summed E-state index contributed by atoms with van der Waals surface area (Å²) in [6, 6.07) is 6.79. The minimum Gasteiger partial charge on any atom is -0.489 e. The summed E-state index contributed by atoms with van der Waals surface area (Å²) in [7, 11) is 1.41. The van der Waals surface area contributed by atoms with Crippen LogP contribution in [0.1, 0.15) is 11.1 Å². The third kappa shape index (κ3) is 6.43. The Morgan fingerprint density at radius 1 is 1.00 bits per heavy atom. The Kier molecular flexibility index (Phi) is 7.39. The number of rotatable bonds is 8. The first-order valence-electron chi connectivity index (χ1n) is 9.55. The van der Waals surface area contributed by atoms with E-state index < -0.39 is 35.9 Å². The molecule has 1 amide bonds. The first-order valence-corrected chi connectivity index (χ1v) is 9.55. The predicted octanol–water partition coefficient (Wildman–Crippen LogP) is 4.04. The molecule has 0 aliphatic heterocycles. The molecule has 182 valence electrons. The number of carbonyl (C=O) groups is 1. The Hall–Kier alpha value is -3.68. The Balaban J connectivity index is 1.75. The van der Waals surface area contributed by atoms with Crippen molar-refractivity contribution in [3.63, 3.8) is 0 Å². The number of amides is 1. The molecule has 1 heterocycles. The van der Waals surface area contributed by atoms with E-state index in [2.05, 4.69) is 20.7 Å². The second-order valence-electron chi connectivity index (χ2n) is 6.82. The van der Waals surface area contributed by atoms with Gasteiger partial charge in [0.2, 0.25) is 11.7 Å². The molecule has 0 atom stereocenters. The molecule has 1 aromatic heterocycles. The number of nitrogens with one attached hydrogen (secondary N) is 1. The molecule has 34 heavy (non-hydrogen) atoms. The largest absolute Gasteiger partial charge is 0.489 e. The summed E-state index contributed by atoms with van der Waals surface area (Å²) < 4.78 is 88.1. The van der Waals surface area contributed by atoms with E-state index in [9.17, 15) is 31.1 Å². The van der Waals surface area contributed by atoms with Gasteiger partial charge in [-0.3, -0.25) is 4.79 Å². The molecule has 0 fully saturated rings. The average molecular weight is 489 g/mol. The van der Waals surface area contributed by atoms with Crippen LogP contribution in [0.5, 0.6) is 5.75 Å². The van der Waals surface area contributed by atoms with E-state index in [4.69, 9.17) is 9.47 Å². The van der Waals surface area contributed by atoms with Gasteiger partial charge in [0, 0.05) is 12.7 Å². The van der Waals surface area contributed by atoms with Crippen molar-refractivity contribution >= 4 is 11.6 Å². The fourth-order valence-electron chi connectivity index (χ4n) is 2.74. The number of halogens is 6. The van der Waals surface area contributed by atoms with E-state index in [1.807, 2.05) is 0 Å². The zero-order chi connectivity index (χ0) is 24.9. The van der Waals surface area contributed by atoms with E-state index in [0.29, 0.717) is 6.07 Å². The predicted molar refractivity (Wildman–Crippen MR) is 106 cm³/mol. The Labute approximate surface area is 188 Å². The van der Waals surface area contributed by atoms with Gasteiger partial charge >= 0.3 is 12.4 Å². The lowest BCUT2D eigenvalue weighted by Crippen LogP contribution is -2.21. The van der Waals surface area contributed by atoms with Crippen molar-refractivity contribution in [3.8, 4) is 17.1 Å². The monoisotopic (exact) mass is 489 g/mol. The Morgan fingerprint density at radius 2 is 1.71 bits per heavy atom. The van der Waals surface area contributed by atoms with Crippen molar-refractivity contribution in [1.82, 2.24) is 20.2 Å². The topological polar surface area (TPSA) is 91.2 Å². The standard InChI is InChI=1S/C20H17F6N5O3/c1-33-7-8-34-16-6-5-14(20(24,25)26)10-15(16)27-17(32)11-31-29-18(28-30-31)12-3-2-4-13(9-12)19(21,22)23/h2-6,9-10H,7-8,11H2,1H3,(H,27,32). The van der Waals surface area contributed by atoms with E-state index in [-0.39, 0.29) is 36.0 Å². The van der Waals surface area contributed by atoms with Gasteiger partial charge < -0.3 is 14.8 Å². The van der Waals surface area contributed by atoms with Crippen molar-refractivity contribution in [2.75, 3.05) is 25.6 Å². The van der Waals surface area contributed by atoms with Crippen molar-refractivity contribution in [2.24, 2.45) is 0 Å². The number of nitrogens with zero attached hydrogens (tertiary/aromatic N) is 4. The maximum Gasteiger partial charge on any atom is 0.416 e. The highest BCUT2D eigenvalue weighted by atomic mass is 19.4. The Morgan fingerprint density at radius 3 is 2.38 bits per heavy atom. The van der Waals surface area contributed by atoms with Crippen LogP contribution in [-0.2, 0) is 28.4 Å². The van der Waals surface area contributed by atoms with Crippen LogP contribution in [0.25, 0.3) is 11.4 Å². The van der Waals surface area contributed by atoms with Gasteiger partial charge in [-0.2, -0.15) is 31.1 Å². The van der Waals surface area contributed by atoms with Crippen molar-refractivity contribution in [2.45, 2.75) is 18.9 Å². The lowest BCUT2D eigenvalue weighted by Gasteiger charge is -2.15. The number of alkyl halides is 6. The van der Waals surface area contributed by atoms with Gasteiger partial charge in [0.1, 0.15) is 18.9 Å². The van der Waals surface area contributed by atoms with Gasteiger partial charge in [0.25, 0.3) is 0 Å². The zero-order valence-corrected chi connectivity index (χ0v) is 17.4. The molecular weight excluding hydrogens is 472 g/mol. The molecule has 0 unspecified atom stereocenters. The summed E-state index contributed by atoms with van der Waals surface area (Å²) >= 11 is 0. The highest BCUT2D eigenvalue weighted by Crippen LogP contribution is 2.35. The molecular formula is C20H17F6N5O3. The molecule has 3 aromatic rings. The van der Waals surface area contributed by atoms with E-state index in [1.165, 1.54) is 19.2 Å². The van der Waals surface area contributed by atoms with E-state index in [0.717, 1.165) is 29.1 Å². The number of ether oxygens (including phenoxy) is 2. The smallest absolute Gasteiger partial charge is 0.416 e. The van der Waals surface area contributed by atoms with Crippen LogP contribution in [0, 0.1) is 0 Å². The molecule has 1 N–H and O–H groups in total. The average Bonchev–Trinajstić information content (AvgIpc) is 3.22. The molecule has 14 heteroatoms. The summed E-state index contributed by atoms with van der Waals surface area (Å²) in [5, 5.41) is 13.4. The van der Waals surface area contributed by atoms with Crippen LogP contribution >= 0.6 is 0 Å². The third-order valence-electron chi connectivity index (χ3n) is 4.31. The lowest BCUT2D eigenvalue weighted by atomic mass is 10.1. The highest BCUT2D eigenvalue weighted by Gasteiger charge is 2.32. The number of hydrogen-bond donors (Lipinski definition) is 1.